The lowest BCUT2D eigenvalue weighted by molar-refractivity contribution is -0.274. The van der Waals surface area contributed by atoms with E-state index < -0.39 is 6.36 Å². The number of thiophene rings is 1. The molecular weight excluding hydrogens is 293 g/mol. The van der Waals surface area contributed by atoms with Crippen LogP contribution >= 0.6 is 11.3 Å². The van der Waals surface area contributed by atoms with Crippen LogP contribution in [0.2, 0.25) is 0 Å². The fourth-order valence-corrected chi connectivity index (χ4v) is 2.44. The lowest BCUT2D eigenvalue weighted by Gasteiger charge is -2.13. The topological polar surface area (TPSA) is 35.5 Å². The molecule has 0 atom stereocenters. The number of alkyl halides is 3. The van der Waals surface area contributed by atoms with Crippen LogP contribution in [-0.2, 0) is 0 Å². The van der Waals surface area contributed by atoms with Gasteiger partial charge in [0.15, 0.2) is 6.29 Å². The summed E-state index contributed by atoms with van der Waals surface area (Å²) in [6.45, 7) is 0. The van der Waals surface area contributed by atoms with Crippen molar-refractivity contribution >= 4 is 17.6 Å². The molecule has 0 amide bonds. The van der Waals surface area contributed by atoms with E-state index in [2.05, 4.69) is 4.74 Å². The first-order valence-electron chi connectivity index (χ1n) is 5.41. The van der Waals surface area contributed by atoms with Crippen molar-refractivity contribution < 1.29 is 27.4 Å². The van der Waals surface area contributed by atoms with Crippen LogP contribution in [0.5, 0.6) is 11.5 Å². The minimum Gasteiger partial charge on any atom is -0.496 e. The van der Waals surface area contributed by atoms with Gasteiger partial charge in [0.2, 0.25) is 0 Å². The highest BCUT2D eigenvalue weighted by Crippen LogP contribution is 2.38. The Labute approximate surface area is 116 Å². The van der Waals surface area contributed by atoms with Gasteiger partial charge in [-0.3, -0.25) is 4.79 Å². The number of hydrogen-bond donors (Lipinski definition) is 0. The third-order valence-corrected chi connectivity index (χ3v) is 3.34. The van der Waals surface area contributed by atoms with Gasteiger partial charge in [0.05, 0.1) is 12.0 Å². The van der Waals surface area contributed by atoms with Crippen molar-refractivity contribution in [2.45, 2.75) is 6.36 Å². The standard InChI is InChI=1S/C13H9F3O3S/c1-18-11-3-2-8(19-13(14,15)16)6-10(11)9-4-5-20-12(9)7-17/h2-7H,1H3. The van der Waals surface area contributed by atoms with Crippen molar-refractivity contribution in [1.29, 1.82) is 0 Å². The molecule has 7 heteroatoms. The maximum absolute atomic E-state index is 12.2. The molecule has 2 aromatic rings. The van der Waals surface area contributed by atoms with E-state index in [1.165, 1.54) is 30.6 Å². The number of methoxy groups -OCH3 is 1. The Kier molecular flexibility index (Phi) is 3.99. The summed E-state index contributed by atoms with van der Waals surface area (Å²) < 4.78 is 45.7. The van der Waals surface area contributed by atoms with E-state index in [4.69, 9.17) is 4.74 Å². The molecule has 0 N–H and O–H groups in total. The van der Waals surface area contributed by atoms with Crippen molar-refractivity contribution in [3.63, 3.8) is 0 Å². The zero-order valence-corrected chi connectivity index (χ0v) is 11.0. The molecule has 106 valence electrons. The molecule has 0 fully saturated rings. The largest absolute Gasteiger partial charge is 0.573 e. The second-order valence-electron chi connectivity index (χ2n) is 3.73. The number of halogens is 3. The van der Waals surface area contributed by atoms with Gasteiger partial charge in [-0.25, -0.2) is 0 Å². The van der Waals surface area contributed by atoms with Crippen molar-refractivity contribution in [3.05, 3.63) is 34.5 Å². The van der Waals surface area contributed by atoms with Crippen LogP contribution in [0.1, 0.15) is 9.67 Å². The Morgan fingerprint density at radius 3 is 2.55 bits per heavy atom. The van der Waals surface area contributed by atoms with E-state index in [0.717, 1.165) is 6.07 Å². The highest BCUT2D eigenvalue weighted by atomic mass is 32.1. The molecule has 1 heterocycles. The molecule has 2 rings (SSSR count). The molecule has 1 aromatic carbocycles. The number of ether oxygens (including phenoxy) is 2. The number of hydrogen-bond acceptors (Lipinski definition) is 4. The zero-order valence-electron chi connectivity index (χ0n) is 10.2. The van der Waals surface area contributed by atoms with Gasteiger partial charge >= 0.3 is 6.36 Å². The second kappa shape index (κ2) is 5.54. The smallest absolute Gasteiger partial charge is 0.496 e. The molecule has 0 bridgehead atoms. The average molecular weight is 302 g/mol. The Hall–Kier alpha value is -2.02. The van der Waals surface area contributed by atoms with Crippen molar-refractivity contribution in [2.75, 3.05) is 7.11 Å². The number of benzene rings is 1. The van der Waals surface area contributed by atoms with Gasteiger partial charge in [-0.15, -0.1) is 24.5 Å². The van der Waals surface area contributed by atoms with Crippen LogP contribution in [-0.4, -0.2) is 19.8 Å². The van der Waals surface area contributed by atoms with Gasteiger partial charge in [0.1, 0.15) is 11.5 Å². The fraction of sp³-hybridized carbons (Fsp3) is 0.154. The average Bonchev–Trinajstić information content (AvgIpc) is 2.84. The maximum Gasteiger partial charge on any atom is 0.573 e. The first-order valence-corrected chi connectivity index (χ1v) is 6.29. The van der Waals surface area contributed by atoms with E-state index in [1.807, 2.05) is 0 Å². The number of carbonyl (C=O) groups is 1. The van der Waals surface area contributed by atoms with E-state index >= 15 is 0 Å². The maximum atomic E-state index is 12.2. The van der Waals surface area contributed by atoms with Crippen LogP contribution in [0.15, 0.2) is 29.6 Å². The highest BCUT2D eigenvalue weighted by molar-refractivity contribution is 7.12. The van der Waals surface area contributed by atoms with E-state index in [0.29, 0.717) is 28.0 Å². The Balaban J connectivity index is 2.50. The van der Waals surface area contributed by atoms with Crippen molar-refractivity contribution in [1.82, 2.24) is 0 Å². The summed E-state index contributed by atoms with van der Waals surface area (Å²) in [7, 11) is 1.40. The van der Waals surface area contributed by atoms with Gasteiger partial charge in [-0.2, -0.15) is 0 Å². The molecule has 0 aliphatic heterocycles. The molecule has 0 spiro atoms. The van der Waals surface area contributed by atoms with Crippen LogP contribution < -0.4 is 9.47 Å². The molecule has 0 aliphatic carbocycles. The highest BCUT2D eigenvalue weighted by Gasteiger charge is 2.31. The summed E-state index contributed by atoms with van der Waals surface area (Å²) in [5.74, 6) is -0.00243. The minimum absolute atomic E-state index is 0.362. The van der Waals surface area contributed by atoms with Crippen LogP contribution in [0, 0.1) is 0 Å². The molecule has 0 saturated heterocycles. The van der Waals surface area contributed by atoms with Gasteiger partial charge in [0.25, 0.3) is 0 Å². The predicted octanol–water partition coefficient (Wildman–Crippen LogP) is 4.13. The number of aldehydes is 1. The summed E-state index contributed by atoms with van der Waals surface area (Å²) in [6.07, 6.45) is -4.12. The first-order chi connectivity index (χ1) is 9.44. The first kappa shape index (κ1) is 14.4. The molecule has 3 nitrogen and oxygen atoms in total. The van der Waals surface area contributed by atoms with Crippen molar-refractivity contribution in [2.24, 2.45) is 0 Å². The Bertz CT molecular complexity index is 620. The lowest BCUT2D eigenvalue weighted by atomic mass is 10.1. The normalized spacial score (nSPS) is 11.2. The van der Waals surface area contributed by atoms with Gasteiger partial charge < -0.3 is 9.47 Å². The lowest BCUT2D eigenvalue weighted by Crippen LogP contribution is -2.17. The van der Waals surface area contributed by atoms with Crippen molar-refractivity contribution in [3.8, 4) is 22.6 Å². The molecule has 0 radical (unpaired) electrons. The Morgan fingerprint density at radius 2 is 1.95 bits per heavy atom. The van der Waals surface area contributed by atoms with Crippen LogP contribution in [0.4, 0.5) is 13.2 Å². The van der Waals surface area contributed by atoms with Crippen LogP contribution in [0.3, 0.4) is 0 Å². The summed E-state index contributed by atoms with van der Waals surface area (Å²) in [4.78, 5) is 11.3. The van der Waals surface area contributed by atoms with Crippen LogP contribution in [0.25, 0.3) is 11.1 Å². The number of rotatable bonds is 4. The molecule has 0 saturated carbocycles. The molecular formula is C13H9F3O3S. The summed E-state index contributed by atoms with van der Waals surface area (Å²) in [5.41, 5.74) is 0.882. The van der Waals surface area contributed by atoms with Gasteiger partial charge in [-0.05, 0) is 29.6 Å². The molecule has 0 aliphatic rings. The predicted molar refractivity (Wildman–Crippen MR) is 68.4 cm³/mol. The van der Waals surface area contributed by atoms with E-state index in [1.54, 1.807) is 11.4 Å². The summed E-state index contributed by atoms with van der Waals surface area (Å²) >= 11 is 1.20. The number of carbonyl (C=O) groups excluding carboxylic acids is 1. The summed E-state index contributed by atoms with van der Waals surface area (Å²) in [5, 5.41) is 1.68. The summed E-state index contributed by atoms with van der Waals surface area (Å²) in [6, 6.07) is 5.36. The van der Waals surface area contributed by atoms with E-state index in [9.17, 15) is 18.0 Å². The third kappa shape index (κ3) is 3.11. The monoisotopic (exact) mass is 302 g/mol. The van der Waals surface area contributed by atoms with Gasteiger partial charge in [0, 0.05) is 11.1 Å². The quantitative estimate of drug-likeness (QED) is 0.796. The van der Waals surface area contributed by atoms with Gasteiger partial charge in [-0.1, -0.05) is 0 Å². The zero-order chi connectivity index (χ0) is 14.8. The van der Waals surface area contributed by atoms with E-state index in [-0.39, 0.29) is 5.75 Å². The molecule has 1 aromatic heterocycles. The SMILES string of the molecule is COc1ccc(OC(F)(F)F)cc1-c1ccsc1C=O. The second-order valence-corrected chi connectivity index (χ2v) is 4.67. The molecule has 20 heavy (non-hydrogen) atoms. The fourth-order valence-electron chi connectivity index (χ4n) is 1.73. The third-order valence-electron chi connectivity index (χ3n) is 2.50. The Morgan fingerprint density at radius 1 is 1.20 bits per heavy atom. The molecule has 0 unspecified atom stereocenters. The minimum atomic E-state index is -4.77.